The predicted octanol–water partition coefficient (Wildman–Crippen LogP) is 2.65. The summed E-state index contributed by atoms with van der Waals surface area (Å²) in [7, 11) is 1.87. The van der Waals surface area contributed by atoms with Crippen LogP contribution in [0.2, 0.25) is 0 Å². The van der Waals surface area contributed by atoms with E-state index in [-0.39, 0.29) is 0 Å². The minimum Gasteiger partial charge on any atom is -0.381 e. The average Bonchev–Trinajstić information content (AvgIpc) is 3.17. The Bertz CT molecular complexity index is 342. The number of nitrogens with one attached hydrogen (secondary N) is 1. The average molecular weight is 280 g/mol. The van der Waals surface area contributed by atoms with Gasteiger partial charge in [0.2, 0.25) is 0 Å². The van der Waals surface area contributed by atoms with Gasteiger partial charge in [0, 0.05) is 37.8 Å². The van der Waals surface area contributed by atoms with Crippen molar-refractivity contribution in [3.05, 3.63) is 0 Å². The van der Waals surface area contributed by atoms with Crippen LogP contribution < -0.4 is 5.32 Å². The Morgan fingerprint density at radius 2 is 1.95 bits per heavy atom. The number of hydrogen-bond donors (Lipinski definition) is 1. The van der Waals surface area contributed by atoms with Crippen LogP contribution in [-0.2, 0) is 4.74 Å². The van der Waals surface area contributed by atoms with Gasteiger partial charge in [-0.15, -0.1) is 0 Å². The lowest BCUT2D eigenvalue weighted by atomic mass is 9.86. The molecule has 0 spiro atoms. The zero-order chi connectivity index (χ0) is 14.3. The van der Waals surface area contributed by atoms with Crippen molar-refractivity contribution in [2.24, 2.45) is 11.8 Å². The molecule has 3 nitrogen and oxygen atoms in total. The number of hydrogen-bond acceptors (Lipinski definition) is 3. The Balaban J connectivity index is 1.72. The predicted molar refractivity (Wildman–Crippen MR) is 82.9 cm³/mol. The molecule has 3 heteroatoms. The topological polar surface area (TPSA) is 24.5 Å². The number of methoxy groups -OCH3 is 1. The maximum absolute atomic E-state index is 5.60. The summed E-state index contributed by atoms with van der Waals surface area (Å²) in [6.45, 7) is 9.61. The molecule has 1 saturated heterocycles. The lowest BCUT2D eigenvalue weighted by Crippen LogP contribution is -2.66. The van der Waals surface area contributed by atoms with Crippen LogP contribution in [0.25, 0.3) is 0 Å². The van der Waals surface area contributed by atoms with Gasteiger partial charge in [0.25, 0.3) is 0 Å². The normalized spacial score (nSPS) is 43.4. The molecule has 3 rings (SSSR count). The maximum Gasteiger partial charge on any atom is 0.0586 e. The van der Waals surface area contributed by atoms with Crippen LogP contribution in [0.1, 0.15) is 52.9 Å². The minimum absolute atomic E-state index is 0.358. The summed E-state index contributed by atoms with van der Waals surface area (Å²) in [5.41, 5.74) is 0.358. The molecule has 0 bridgehead atoms. The summed E-state index contributed by atoms with van der Waals surface area (Å²) in [6, 6.07) is 1.44. The first-order valence-corrected chi connectivity index (χ1v) is 8.57. The Morgan fingerprint density at radius 1 is 1.20 bits per heavy atom. The van der Waals surface area contributed by atoms with Gasteiger partial charge < -0.3 is 10.1 Å². The summed E-state index contributed by atoms with van der Waals surface area (Å²) >= 11 is 0. The van der Waals surface area contributed by atoms with Crippen LogP contribution in [0.15, 0.2) is 0 Å². The van der Waals surface area contributed by atoms with E-state index in [0.29, 0.717) is 17.7 Å². The Morgan fingerprint density at radius 3 is 2.50 bits per heavy atom. The van der Waals surface area contributed by atoms with E-state index in [9.17, 15) is 0 Å². The van der Waals surface area contributed by atoms with Gasteiger partial charge in [0.15, 0.2) is 0 Å². The second-order valence-corrected chi connectivity index (χ2v) is 7.88. The Hall–Kier alpha value is -0.120. The van der Waals surface area contributed by atoms with Gasteiger partial charge >= 0.3 is 0 Å². The summed E-state index contributed by atoms with van der Waals surface area (Å²) < 4.78 is 5.60. The molecule has 0 aromatic rings. The SMILES string of the molecule is COC1CCC(N2CC(C)(C3CC3)NCC2C(C)C)C1. The fraction of sp³-hybridized carbons (Fsp3) is 1.00. The molecule has 0 aromatic carbocycles. The molecule has 1 N–H and O–H groups in total. The minimum atomic E-state index is 0.358. The van der Waals surface area contributed by atoms with E-state index in [1.807, 2.05) is 7.11 Å². The van der Waals surface area contributed by atoms with Crippen molar-refractivity contribution in [2.75, 3.05) is 20.2 Å². The summed E-state index contributed by atoms with van der Waals surface area (Å²) in [4.78, 5) is 2.85. The molecule has 20 heavy (non-hydrogen) atoms. The van der Waals surface area contributed by atoms with Crippen LogP contribution in [0.3, 0.4) is 0 Å². The molecule has 1 aliphatic heterocycles. The van der Waals surface area contributed by atoms with Crippen LogP contribution >= 0.6 is 0 Å². The van der Waals surface area contributed by atoms with Gasteiger partial charge in [-0.25, -0.2) is 0 Å². The molecule has 2 saturated carbocycles. The number of ether oxygens (including phenoxy) is 1. The van der Waals surface area contributed by atoms with Crippen molar-refractivity contribution in [2.45, 2.75) is 76.6 Å². The second-order valence-electron chi connectivity index (χ2n) is 7.88. The first-order valence-electron chi connectivity index (χ1n) is 8.57. The number of nitrogens with zero attached hydrogens (tertiary/aromatic N) is 1. The monoisotopic (exact) mass is 280 g/mol. The zero-order valence-corrected chi connectivity index (χ0v) is 13.7. The summed E-state index contributed by atoms with van der Waals surface area (Å²) in [6.07, 6.45) is 7.15. The molecule has 1 heterocycles. The third-order valence-electron chi connectivity index (χ3n) is 6.06. The van der Waals surface area contributed by atoms with Crippen molar-refractivity contribution in [1.29, 1.82) is 0 Å². The van der Waals surface area contributed by atoms with Crippen LogP contribution in [0.4, 0.5) is 0 Å². The number of piperazine rings is 1. The van der Waals surface area contributed by atoms with E-state index in [1.165, 1.54) is 45.2 Å². The molecule has 4 unspecified atom stereocenters. The fourth-order valence-corrected chi connectivity index (χ4v) is 4.45. The first-order chi connectivity index (χ1) is 9.53. The van der Waals surface area contributed by atoms with Gasteiger partial charge in [-0.05, 0) is 50.9 Å². The summed E-state index contributed by atoms with van der Waals surface area (Å²) in [5.74, 6) is 1.64. The molecule has 0 aromatic heterocycles. The van der Waals surface area contributed by atoms with E-state index in [4.69, 9.17) is 4.74 Å². The molecule has 3 fully saturated rings. The Labute approximate surface area is 124 Å². The van der Waals surface area contributed by atoms with E-state index >= 15 is 0 Å². The third kappa shape index (κ3) is 2.77. The van der Waals surface area contributed by atoms with E-state index in [0.717, 1.165) is 17.9 Å². The highest BCUT2D eigenvalue weighted by Crippen LogP contribution is 2.43. The van der Waals surface area contributed by atoms with Crippen molar-refractivity contribution < 1.29 is 4.74 Å². The molecule has 3 aliphatic rings. The molecule has 4 atom stereocenters. The Kier molecular flexibility index (Phi) is 4.13. The van der Waals surface area contributed by atoms with Gasteiger partial charge in [0.05, 0.1) is 6.10 Å². The molecule has 0 amide bonds. The van der Waals surface area contributed by atoms with Crippen LogP contribution in [0.5, 0.6) is 0 Å². The van der Waals surface area contributed by atoms with Gasteiger partial charge in [-0.3, -0.25) is 4.90 Å². The van der Waals surface area contributed by atoms with Crippen LogP contribution in [0, 0.1) is 11.8 Å². The van der Waals surface area contributed by atoms with Crippen molar-refractivity contribution in [1.82, 2.24) is 10.2 Å². The van der Waals surface area contributed by atoms with Gasteiger partial charge in [-0.1, -0.05) is 13.8 Å². The van der Waals surface area contributed by atoms with E-state index in [2.05, 4.69) is 31.0 Å². The number of rotatable bonds is 4. The van der Waals surface area contributed by atoms with Gasteiger partial charge in [0.1, 0.15) is 0 Å². The van der Waals surface area contributed by atoms with Crippen LogP contribution in [-0.4, -0.2) is 48.8 Å². The van der Waals surface area contributed by atoms with Crippen molar-refractivity contribution in [3.8, 4) is 0 Å². The highest BCUT2D eigenvalue weighted by Gasteiger charge is 2.48. The molecule has 116 valence electrons. The third-order valence-corrected chi connectivity index (χ3v) is 6.06. The largest absolute Gasteiger partial charge is 0.381 e. The maximum atomic E-state index is 5.60. The molecule has 0 radical (unpaired) electrons. The standard InChI is InChI=1S/C17H32N2O/c1-12(2)16-10-18-17(3,13-5-6-13)11-19(16)14-7-8-15(9-14)20-4/h12-16,18H,5-11H2,1-4H3. The molecule has 2 aliphatic carbocycles. The van der Waals surface area contributed by atoms with E-state index < -0.39 is 0 Å². The second kappa shape index (κ2) is 5.58. The highest BCUT2D eigenvalue weighted by molar-refractivity contribution is 5.06. The van der Waals surface area contributed by atoms with Gasteiger partial charge in [-0.2, -0.15) is 0 Å². The van der Waals surface area contributed by atoms with Crippen molar-refractivity contribution in [3.63, 3.8) is 0 Å². The zero-order valence-electron chi connectivity index (χ0n) is 13.7. The lowest BCUT2D eigenvalue weighted by Gasteiger charge is -2.50. The smallest absolute Gasteiger partial charge is 0.0586 e. The lowest BCUT2D eigenvalue weighted by molar-refractivity contribution is 0.0130. The fourth-order valence-electron chi connectivity index (χ4n) is 4.45. The highest BCUT2D eigenvalue weighted by atomic mass is 16.5. The van der Waals surface area contributed by atoms with Crippen molar-refractivity contribution >= 4 is 0 Å². The van der Waals surface area contributed by atoms with E-state index in [1.54, 1.807) is 0 Å². The quantitative estimate of drug-likeness (QED) is 0.857. The summed E-state index contributed by atoms with van der Waals surface area (Å²) in [5, 5.41) is 3.89. The molecular weight excluding hydrogens is 248 g/mol. The molecular formula is C17H32N2O. The first kappa shape index (κ1) is 14.8.